The Hall–Kier alpha value is -0.730. The van der Waals surface area contributed by atoms with Crippen molar-refractivity contribution < 1.29 is 4.74 Å². The number of hydrogen-bond acceptors (Lipinski definition) is 2. The maximum absolute atomic E-state index is 6.30. The highest BCUT2D eigenvalue weighted by atomic mass is 35.5. The summed E-state index contributed by atoms with van der Waals surface area (Å²) in [7, 11) is 1.71. The number of para-hydroxylation sites is 1. The average Bonchev–Trinajstić information content (AvgIpc) is 2.81. The van der Waals surface area contributed by atoms with E-state index in [2.05, 4.69) is 6.07 Å². The van der Waals surface area contributed by atoms with Crippen LogP contribution in [0.2, 0.25) is 0 Å². The molecule has 1 atom stereocenters. The molecule has 0 amide bonds. The predicted octanol–water partition coefficient (Wildman–Crippen LogP) is 3.31. The Labute approximate surface area is 104 Å². The fraction of sp³-hybridized carbons (Fsp3) is 0.538. The molecule has 2 N–H and O–H groups in total. The first-order chi connectivity index (χ1) is 7.33. The minimum absolute atomic E-state index is 0. The largest absolute Gasteiger partial charge is 0.496 e. The number of nitrogens with two attached hydrogens (primary N) is 1. The van der Waals surface area contributed by atoms with E-state index >= 15 is 0 Å². The molecule has 2 rings (SSSR count). The molecule has 1 aromatic rings. The second kappa shape index (κ2) is 6.12. The Kier molecular flexibility index (Phi) is 5.10. The van der Waals surface area contributed by atoms with Gasteiger partial charge < -0.3 is 10.5 Å². The third-order valence-electron chi connectivity index (χ3n) is 3.41. The van der Waals surface area contributed by atoms with Crippen LogP contribution in [-0.2, 0) is 0 Å². The van der Waals surface area contributed by atoms with Gasteiger partial charge in [-0.25, -0.2) is 0 Å². The van der Waals surface area contributed by atoms with Crippen molar-refractivity contribution in [2.24, 2.45) is 11.7 Å². The first-order valence-corrected chi connectivity index (χ1v) is 5.71. The summed E-state index contributed by atoms with van der Waals surface area (Å²) in [5.41, 5.74) is 7.46. The molecule has 1 fully saturated rings. The minimum Gasteiger partial charge on any atom is -0.496 e. The van der Waals surface area contributed by atoms with Gasteiger partial charge in [-0.15, -0.1) is 12.4 Å². The first-order valence-electron chi connectivity index (χ1n) is 5.71. The second-order valence-corrected chi connectivity index (χ2v) is 4.31. The van der Waals surface area contributed by atoms with Gasteiger partial charge in [0.05, 0.1) is 7.11 Å². The van der Waals surface area contributed by atoms with Gasteiger partial charge in [0.15, 0.2) is 0 Å². The molecule has 0 bridgehead atoms. The Morgan fingerprint density at radius 2 is 1.88 bits per heavy atom. The molecule has 1 aromatic carbocycles. The Morgan fingerprint density at radius 1 is 1.25 bits per heavy atom. The van der Waals surface area contributed by atoms with Gasteiger partial charge in [-0.1, -0.05) is 31.0 Å². The van der Waals surface area contributed by atoms with Crippen LogP contribution < -0.4 is 10.5 Å². The Balaban J connectivity index is 0.00000128. The molecule has 0 saturated heterocycles. The summed E-state index contributed by atoms with van der Waals surface area (Å²) in [4.78, 5) is 0. The molecule has 0 aliphatic heterocycles. The lowest BCUT2D eigenvalue weighted by Gasteiger charge is -2.21. The summed E-state index contributed by atoms with van der Waals surface area (Å²) >= 11 is 0. The SMILES string of the molecule is COc1ccccc1[C@H](N)C1CCCC1.Cl. The number of ether oxygens (including phenoxy) is 1. The zero-order valence-electron chi connectivity index (χ0n) is 9.69. The normalized spacial score (nSPS) is 17.9. The molecule has 90 valence electrons. The quantitative estimate of drug-likeness (QED) is 0.881. The van der Waals surface area contributed by atoms with E-state index in [9.17, 15) is 0 Å². The molecule has 1 saturated carbocycles. The van der Waals surface area contributed by atoms with Crippen molar-refractivity contribution in [1.82, 2.24) is 0 Å². The van der Waals surface area contributed by atoms with Crippen LogP contribution in [0.3, 0.4) is 0 Å². The summed E-state index contributed by atoms with van der Waals surface area (Å²) in [6.07, 6.45) is 5.18. The number of rotatable bonds is 3. The molecule has 2 nitrogen and oxygen atoms in total. The fourth-order valence-corrected chi connectivity index (χ4v) is 2.51. The van der Waals surface area contributed by atoms with E-state index in [0.29, 0.717) is 5.92 Å². The third-order valence-corrected chi connectivity index (χ3v) is 3.41. The molecule has 0 radical (unpaired) electrons. The number of methoxy groups -OCH3 is 1. The van der Waals surface area contributed by atoms with Gasteiger partial charge in [0.1, 0.15) is 5.75 Å². The summed E-state index contributed by atoms with van der Waals surface area (Å²) in [6.45, 7) is 0. The predicted molar refractivity (Wildman–Crippen MR) is 69.1 cm³/mol. The van der Waals surface area contributed by atoms with Crippen molar-refractivity contribution in [3.8, 4) is 5.75 Å². The van der Waals surface area contributed by atoms with E-state index in [0.717, 1.165) is 11.3 Å². The average molecular weight is 242 g/mol. The van der Waals surface area contributed by atoms with E-state index in [-0.39, 0.29) is 18.4 Å². The number of halogens is 1. The lowest BCUT2D eigenvalue weighted by atomic mass is 9.92. The maximum Gasteiger partial charge on any atom is 0.123 e. The van der Waals surface area contributed by atoms with Crippen molar-refractivity contribution in [1.29, 1.82) is 0 Å². The van der Waals surface area contributed by atoms with Gasteiger partial charge in [0.25, 0.3) is 0 Å². The highest BCUT2D eigenvalue weighted by Crippen LogP contribution is 2.37. The van der Waals surface area contributed by atoms with Gasteiger partial charge in [0, 0.05) is 11.6 Å². The second-order valence-electron chi connectivity index (χ2n) is 4.31. The smallest absolute Gasteiger partial charge is 0.123 e. The lowest BCUT2D eigenvalue weighted by molar-refractivity contribution is 0.385. The standard InChI is InChI=1S/C13H19NO.ClH/c1-15-12-9-5-4-8-11(12)13(14)10-6-2-3-7-10;/h4-5,8-10,13H,2-3,6-7,14H2,1H3;1H/t13-;/m1./s1. The van der Waals surface area contributed by atoms with E-state index in [1.165, 1.54) is 25.7 Å². The maximum atomic E-state index is 6.30. The van der Waals surface area contributed by atoms with Gasteiger partial charge >= 0.3 is 0 Å². The van der Waals surface area contributed by atoms with E-state index in [4.69, 9.17) is 10.5 Å². The van der Waals surface area contributed by atoms with Crippen molar-refractivity contribution >= 4 is 12.4 Å². The van der Waals surface area contributed by atoms with E-state index in [1.807, 2.05) is 18.2 Å². The van der Waals surface area contributed by atoms with Crippen LogP contribution in [0.4, 0.5) is 0 Å². The number of hydrogen-bond donors (Lipinski definition) is 1. The van der Waals surface area contributed by atoms with Crippen molar-refractivity contribution in [3.05, 3.63) is 29.8 Å². The summed E-state index contributed by atoms with van der Waals surface area (Å²) < 4.78 is 5.35. The van der Waals surface area contributed by atoms with Crippen LogP contribution in [0.25, 0.3) is 0 Å². The van der Waals surface area contributed by atoms with Gasteiger partial charge in [-0.05, 0) is 24.8 Å². The molecule has 0 unspecified atom stereocenters. The minimum atomic E-state index is 0. The molecule has 1 aliphatic carbocycles. The van der Waals surface area contributed by atoms with E-state index in [1.54, 1.807) is 7.11 Å². The van der Waals surface area contributed by atoms with Crippen LogP contribution in [0.5, 0.6) is 5.75 Å². The molecule has 0 spiro atoms. The third kappa shape index (κ3) is 2.69. The molecular weight excluding hydrogens is 222 g/mol. The lowest BCUT2D eigenvalue weighted by Crippen LogP contribution is -2.19. The first kappa shape index (κ1) is 13.3. The van der Waals surface area contributed by atoms with Crippen LogP contribution in [-0.4, -0.2) is 7.11 Å². The van der Waals surface area contributed by atoms with Gasteiger partial charge in [0.2, 0.25) is 0 Å². The molecule has 1 aliphatic rings. The highest BCUT2D eigenvalue weighted by Gasteiger charge is 2.24. The van der Waals surface area contributed by atoms with Gasteiger partial charge in [-0.2, -0.15) is 0 Å². The van der Waals surface area contributed by atoms with Gasteiger partial charge in [-0.3, -0.25) is 0 Å². The summed E-state index contributed by atoms with van der Waals surface area (Å²) in [5.74, 6) is 1.57. The molecule has 16 heavy (non-hydrogen) atoms. The van der Waals surface area contributed by atoms with Crippen LogP contribution in [0, 0.1) is 5.92 Å². The monoisotopic (exact) mass is 241 g/mol. The van der Waals surface area contributed by atoms with Crippen molar-refractivity contribution in [2.75, 3.05) is 7.11 Å². The molecule has 3 heteroatoms. The van der Waals surface area contributed by atoms with Crippen LogP contribution in [0.1, 0.15) is 37.3 Å². The highest BCUT2D eigenvalue weighted by molar-refractivity contribution is 5.85. The Morgan fingerprint density at radius 3 is 2.50 bits per heavy atom. The van der Waals surface area contributed by atoms with Crippen molar-refractivity contribution in [3.63, 3.8) is 0 Å². The number of benzene rings is 1. The summed E-state index contributed by atoms with van der Waals surface area (Å²) in [5, 5.41) is 0. The fourth-order valence-electron chi connectivity index (χ4n) is 2.51. The zero-order valence-corrected chi connectivity index (χ0v) is 10.5. The molecular formula is C13H20ClNO. The van der Waals surface area contributed by atoms with Crippen LogP contribution in [0.15, 0.2) is 24.3 Å². The van der Waals surface area contributed by atoms with Crippen LogP contribution >= 0.6 is 12.4 Å². The molecule has 0 aromatic heterocycles. The topological polar surface area (TPSA) is 35.2 Å². The summed E-state index contributed by atoms with van der Waals surface area (Å²) in [6, 6.07) is 8.24. The zero-order chi connectivity index (χ0) is 10.7. The molecule has 0 heterocycles. The van der Waals surface area contributed by atoms with Crippen molar-refractivity contribution in [2.45, 2.75) is 31.7 Å². The Bertz CT molecular complexity index is 323. The van der Waals surface area contributed by atoms with E-state index < -0.39 is 0 Å².